The maximum atomic E-state index is 12.3. The summed E-state index contributed by atoms with van der Waals surface area (Å²) in [6.45, 7) is 4.59. The summed E-state index contributed by atoms with van der Waals surface area (Å²) in [6, 6.07) is 1.98. The normalized spacial score (nSPS) is 22.2. The Morgan fingerprint density at radius 1 is 1.22 bits per heavy atom. The quantitative estimate of drug-likeness (QED) is 0.291. The van der Waals surface area contributed by atoms with Crippen LogP contribution in [0.2, 0.25) is 0 Å². The summed E-state index contributed by atoms with van der Waals surface area (Å²) in [5.41, 5.74) is 2.56. The molecule has 4 atom stereocenters. The summed E-state index contributed by atoms with van der Waals surface area (Å²) in [7, 11) is 0. The first kappa shape index (κ1) is 27.5. The Bertz CT molecular complexity index is 989. The second-order valence-corrected chi connectivity index (χ2v) is 11.0. The predicted octanol–water partition coefficient (Wildman–Crippen LogP) is 5.28. The summed E-state index contributed by atoms with van der Waals surface area (Å²) in [4.78, 5) is 25.9. The molecule has 2 fully saturated rings. The maximum Gasteiger partial charge on any atom is 0.302 e. The van der Waals surface area contributed by atoms with Crippen molar-refractivity contribution in [3.05, 3.63) is 28.8 Å². The first-order valence-corrected chi connectivity index (χ1v) is 14.2. The molecule has 2 aliphatic heterocycles. The number of aromatic hydroxyl groups is 1. The fourth-order valence-electron chi connectivity index (χ4n) is 6.00. The van der Waals surface area contributed by atoms with Crippen molar-refractivity contribution in [3.8, 4) is 11.5 Å². The van der Waals surface area contributed by atoms with Gasteiger partial charge >= 0.3 is 5.97 Å². The molecule has 37 heavy (non-hydrogen) atoms. The van der Waals surface area contributed by atoms with Gasteiger partial charge in [0.25, 0.3) is 0 Å². The fraction of sp³-hybridized carbons (Fsp3) is 0.667. The van der Waals surface area contributed by atoms with E-state index in [0.29, 0.717) is 62.4 Å². The fourth-order valence-corrected chi connectivity index (χ4v) is 6.00. The predicted molar refractivity (Wildman–Crippen MR) is 142 cm³/mol. The van der Waals surface area contributed by atoms with Crippen LogP contribution in [0.5, 0.6) is 11.5 Å². The standard InChI is InChI=1S/C30H43NO6/c1-3-4-5-9-24(33)18-25(36-20(2)32)14-12-22-17-23(19-31-16-7-11-28(31)34)29(35)30-26(22)15-13-21-8-6-10-27(21)37-30/h13,15,17,21,24-25,27,33,35H,3-12,14,16,18-19H2,1-2H3. The Morgan fingerprint density at radius 3 is 2.78 bits per heavy atom. The van der Waals surface area contributed by atoms with Crippen molar-refractivity contribution in [2.75, 3.05) is 6.54 Å². The van der Waals surface area contributed by atoms with Crippen molar-refractivity contribution in [2.24, 2.45) is 5.92 Å². The largest absolute Gasteiger partial charge is 0.504 e. The lowest BCUT2D eigenvalue weighted by atomic mass is 9.94. The molecular formula is C30H43NO6. The van der Waals surface area contributed by atoms with Gasteiger partial charge in [0.15, 0.2) is 11.5 Å². The third kappa shape index (κ3) is 7.07. The second kappa shape index (κ2) is 12.8. The SMILES string of the molecule is CCCCCC(O)CC(CCc1cc(CN2CCCC2=O)c(O)c2c1C=CC1CCCC1O2)OC(C)=O. The number of ether oxygens (including phenoxy) is 2. The van der Waals surface area contributed by atoms with Gasteiger partial charge in [0, 0.05) is 49.9 Å². The van der Waals surface area contributed by atoms with Crippen LogP contribution in [-0.4, -0.2) is 51.8 Å². The molecule has 204 valence electrons. The molecule has 7 nitrogen and oxygen atoms in total. The summed E-state index contributed by atoms with van der Waals surface area (Å²) < 4.78 is 12.0. The number of unbranched alkanes of at least 4 members (excludes halogenated alkanes) is 2. The van der Waals surface area contributed by atoms with E-state index in [-0.39, 0.29) is 23.7 Å². The van der Waals surface area contributed by atoms with Crippen molar-refractivity contribution in [1.29, 1.82) is 0 Å². The molecule has 0 bridgehead atoms. The number of fused-ring (bicyclic) bond motifs is 2. The van der Waals surface area contributed by atoms with Gasteiger partial charge in [-0.1, -0.05) is 38.3 Å². The zero-order valence-corrected chi connectivity index (χ0v) is 22.4. The van der Waals surface area contributed by atoms with Crippen molar-refractivity contribution in [3.63, 3.8) is 0 Å². The topological polar surface area (TPSA) is 96.3 Å². The van der Waals surface area contributed by atoms with Gasteiger partial charge in [0.2, 0.25) is 5.91 Å². The smallest absolute Gasteiger partial charge is 0.302 e. The molecule has 0 radical (unpaired) electrons. The third-order valence-electron chi connectivity index (χ3n) is 8.02. The number of benzene rings is 1. The molecule has 0 aromatic heterocycles. The van der Waals surface area contributed by atoms with Crippen LogP contribution in [0.1, 0.15) is 101 Å². The molecule has 7 heteroatoms. The molecule has 3 aliphatic rings. The number of rotatable bonds is 12. The van der Waals surface area contributed by atoms with Gasteiger partial charge in [0.05, 0.1) is 6.10 Å². The van der Waals surface area contributed by atoms with Gasteiger partial charge in [-0.25, -0.2) is 0 Å². The van der Waals surface area contributed by atoms with E-state index in [1.807, 2.05) is 6.07 Å². The average Bonchev–Trinajstić information content (AvgIpc) is 3.43. The second-order valence-electron chi connectivity index (χ2n) is 11.0. The van der Waals surface area contributed by atoms with Crippen LogP contribution in [0.3, 0.4) is 0 Å². The lowest BCUT2D eigenvalue weighted by molar-refractivity contribution is -0.148. The minimum absolute atomic E-state index is 0.0481. The Balaban J connectivity index is 1.57. The van der Waals surface area contributed by atoms with Crippen LogP contribution in [0, 0.1) is 5.92 Å². The number of carbonyl (C=O) groups is 2. The minimum Gasteiger partial charge on any atom is -0.504 e. The molecule has 0 spiro atoms. The van der Waals surface area contributed by atoms with Crippen molar-refractivity contribution >= 4 is 18.0 Å². The summed E-state index contributed by atoms with van der Waals surface area (Å²) >= 11 is 0. The van der Waals surface area contributed by atoms with E-state index in [1.54, 1.807) is 4.90 Å². The highest BCUT2D eigenvalue weighted by atomic mass is 16.5. The average molecular weight is 514 g/mol. The van der Waals surface area contributed by atoms with Gasteiger partial charge in [-0.2, -0.15) is 0 Å². The number of nitrogens with zero attached hydrogens (tertiary/aromatic N) is 1. The number of likely N-dealkylation sites (tertiary alicyclic amines) is 1. The Labute approximate surface area is 220 Å². The number of phenols is 1. The molecule has 2 heterocycles. The van der Waals surface area contributed by atoms with E-state index in [9.17, 15) is 19.8 Å². The van der Waals surface area contributed by atoms with Crippen LogP contribution in [-0.2, 0) is 27.3 Å². The summed E-state index contributed by atoms with van der Waals surface area (Å²) in [5, 5.41) is 21.8. The lowest BCUT2D eigenvalue weighted by Crippen LogP contribution is -2.25. The monoisotopic (exact) mass is 513 g/mol. The number of aliphatic hydroxyl groups excluding tert-OH is 1. The molecule has 1 aromatic rings. The minimum atomic E-state index is -0.507. The van der Waals surface area contributed by atoms with Crippen molar-refractivity contribution in [2.45, 2.75) is 116 Å². The molecule has 1 saturated carbocycles. The number of aliphatic hydroxyl groups is 1. The Kier molecular flexibility index (Phi) is 9.52. The highest BCUT2D eigenvalue weighted by Crippen LogP contribution is 2.44. The van der Waals surface area contributed by atoms with E-state index in [2.05, 4.69) is 19.1 Å². The first-order chi connectivity index (χ1) is 17.9. The molecule has 1 amide bonds. The number of hydrogen-bond donors (Lipinski definition) is 2. The van der Waals surface area contributed by atoms with Gasteiger partial charge < -0.3 is 24.6 Å². The van der Waals surface area contributed by atoms with Crippen molar-refractivity contribution < 1.29 is 29.3 Å². The van der Waals surface area contributed by atoms with Crippen LogP contribution in [0.25, 0.3) is 6.08 Å². The van der Waals surface area contributed by atoms with E-state index < -0.39 is 12.2 Å². The van der Waals surface area contributed by atoms with Crippen molar-refractivity contribution in [1.82, 2.24) is 4.90 Å². The molecule has 4 rings (SSSR count). The van der Waals surface area contributed by atoms with Gasteiger partial charge in [0.1, 0.15) is 12.2 Å². The lowest BCUT2D eigenvalue weighted by Gasteiger charge is -2.24. The van der Waals surface area contributed by atoms with E-state index in [0.717, 1.165) is 56.1 Å². The number of esters is 1. The number of amides is 1. The number of carbonyl (C=O) groups excluding carboxylic acids is 2. The molecule has 1 aromatic carbocycles. The van der Waals surface area contributed by atoms with Crippen LogP contribution in [0.4, 0.5) is 0 Å². The van der Waals surface area contributed by atoms with Crippen LogP contribution < -0.4 is 4.74 Å². The summed E-state index contributed by atoms with van der Waals surface area (Å²) in [6.07, 6.45) is 13.4. The van der Waals surface area contributed by atoms with Crippen LogP contribution >= 0.6 is 0 Å². The van der Waals surface area contributed by atoms with E-state index in [1.165, 1.54) is 6.92 Å². The molecular weight excluding hydrogens is 470 g/mol. The highest BCUT2D eigenvalue weighted by Gasteiger charge is 2.33. The number of aryl methyl sites for hydroxylation is 1. The molecule has 4 unspecified atom stereocenters. The number of phenolic OH excluding ortho intramolecular Hbond substituents is 1. The number of hydrogen-bond acceptors (Lipinski definition) is 6. The zero-order valence-electron chi connectivity index (χ0n) is 22.4. The first-order valence-electron chi connectivity index (χ1n) is 14.2. The third-order valence-corrected chi connectivity index (χ3v) is 8.02. The summed E-state index contributed by atoms with van der Waals surface area (Å²) in [5.74, 6) is 0.724. The molecule has 1 saturated heterocycles. The Hall–Kier alpha value is -2.54. The van der Waals surface area contributed by atoms with E-state index in [4.69, 9.17) is 9.47 Å². The van der Waals surface area contributed by atoms with E-state index >= 15 is 0 Å². The van der Waals surface area contributed by atoms with Crippen LogP contribution in [0.15, 0.2) is 12.1 Å². The molecule has 2 N–H and O–H groups in total. The van der Waals surface area contributed by atoms with Gasteiger partial charge in [-0.15, -0.1) is 0 Å². The molecule has 1 aliphatic carbocycles. The zero-order chi connectivity index (χ0) is 26.4. The van der Waals surface area contributed by atoms with Gasteiger partial charge in [-0.05, 0) is 56.6 Å². The highest BCUT2D eigenvalue weighted by molar-refractivity contribution is 5.78. The van der Waals surface area contributed by atoms with Gasteiger partial charge in [-0.3, -0.25) is 9.59 Å². The Morgan fingerprint density at radius 2 is 2.05 bits per heavy atom. The maximum absolute atomic E-state index is 12.3.